The van der Waals surface area contributed by atoms with Crippen LogP contribution in [0.4, 0.5) is 11.5 Å². The number of aryl methyl sites for hydroxylation is 1. The standard InChI is InChI=1S/C15H16N4O5/c1-10-7-13(17-24-10)16-14(20)9-18(2)15(21)8-11-5-3-4-6-12(11)19(22)23/h3-7H,8-9H2,1-2H3,(H,16,17,20). The van der Waals surface area contributed by atoms with Gasteiger partial charge in [-0.3, -0.25) is 19.7 Å². The highest BCUT2D eigenvalue weighted by Crippen LogP contribution is 2.18. The Balaban J connectivity index is 1.95. The monoisotopic (exact) mass is 332 g/mol. The van der Waals surface area contributed by atoms with Crippen LogP contribution >= 0.6 is 0 Å². The summed E-state index contributed by atoms with van der Waals surface area (Å²) in [4.78, 5) is 35.6. The quantitative estimate of drug-likeness (QED) is 0.633. The van der Waals surface area contributed by atoms with E-state index >= 15 is 0 Å². The van der Waals surface area contributed by atoms with E-state index in [1.54, 1.807) is 19.1 Å². The summed E-state index contributed by atoms with van der Waals surface area (Å²) in [6, 6.07) is 7.55. The second-order valence-corrected chi connectivity index (χ2v) is 5.18. The van der Waals surface area contributed by atoms with Crippen molar-refractivity contribution in [3.05, 3.63) is 51.8 Å². The minimum Gasteiger partial charge on any atom is -0.360 e. The molecule has 2 rings (SSSR count). The summed E-state index contributed by atoms with van der Waals surface area (Å²) < 4.78 is 4.82. The van der Waals surface area contributed by atoms with Gasteiger partial charge in [-0.25, -0.2) is 0 Å². The second-order valence-electron chi connectivity index (χ2n) is 5.18. The number of para-hydroxylation sites is 1. The third-order valence-electron chi connectivity index (χ3n) is 3.23. The van der Waals surface area contributed by atoms with Crippen molar-refractivity contribution in [2.45, 2.75) is 13.3 Å². The first-order valence-corrected chi connectivity index (χ1v) is 7.06. The molecular formula is C15H16N4O5. The van der Waals surface area contributed by atoms with Crippen LogP contribution in [0.1, 0.15) is 11.3 Å². The predicted molar refractivity (Wildman–Crippen MR) is 84.3 cm³/mol. The molecule has 0 aliphatic carbocycles. The van der Waals surface area contributed by atoms with E-state index in [1.165, 1.54) is 30.1 Å². The molecule has 9 nitrogen and oxygen atoms in total. The molecule has 0 spiro atoms. The molecule has 0 unspecified atom stereocenters. The Labute approximate surface area is 137 Å². The molecule has 0 aliphatic rings. The lowest BCUT2D eigenvalue weighted by molar-refractivity contribution is -0.385. The molecule has 0 bridgehead atoms. The van der Waals surface area contributed by atoms with Crippen LogP contribution in [0.25, 0.3) is 0 Å². The largest absolute Gasteiger partial charge is 0.360 e. The molecule has 1 aromatic heterocycles. The topological polar surface area (TPSA) is 119 Å². The number of anilines is 1. The molecule has 0 radical (unpaired) electrons. The molecule has 9 heteroatoms. The van der Waals surface area contributed by atoms with Crippen LogP contribution < -0.4 is 5.32 Å². The van der Waals surface area contributed by atoms with Gasteiger partial charge in [0, 0.05) is 24.7 Å². The van der Waals surface area contributed by atoms with Gasteiger partial charge in [0.15, 0.2) is 5.82 Å². The number of nitrogens with zero attached hydrogens (tertiary/aromatic N) is 3. The first-order chi connectivity index (χ1) is 11.4. The number of carbonyl (C=O) groups is 2. The van der Waals surface area contributed by atoms with Gasteiger partial charge in [-0.15, -0.1) is 0 Å². The summed E-state index contributed by atoms with van der Waals surface area (Å²) in [6.45, 7) is 1.48. The number of nitro groups is 1. The van der Waals surface area contributed by atoms with Gasteiger partial charge in [0.1, 0.15) is 5.76 Å². The van der Waals surface area contributed by atoms with Gasteiger partial charge in [-0.2, -0.15) is 0 Å². The number of likely N-dealkylation sites (N-methyl/N-ethyl adjacent to an activating group) is 1. The van der Waals surface area contributed by atoms with Gasteiger partial charge in [-0.05, 0) is 6.92 Å². The highest BCUT2D eigenvalue weighted by Gasteiger charge is 2.19. The third kappa shape index (κ3) is 4.38. The number of hydrogen-bond donors (Lipinski definition) is 1. The molecule has 2 amide bonds. The summed E-state index contributed by atoms with van der Waals surface area (Å²) >= 11 is 0. The zero-order valence-electron chi connectivity index (χ0n) is 13.2. The Morgan fingerprint density at radius 3 is 2.71 bits per heavy atom. The van der Waals surface area contributed by atoms with Gasteiger partial charge in [0.05, 0.1) is 17.9 Å². The smallest absolute Gasteiger partial charge is 0.273 e. The average Bonchev–Trinajstić information content (AvgIpc) is 2.92. The maximum atomic E-state index is 12.2. The van der Waals surface area contributed by atoms with Crippen LogP contribution in [0.2, 0.25) is 0 Å². The van der Waals surface area contributed by atoms with Crippen molar-refractivity contribution in [3.63, 3.8) is 0 Å². The van der Waals surface area contributed by atoms with Crippen molar-refractivity contribution in [1.29, 1.82) is 0 Å². The summed E-state index contributed by atoms with van der Waals surface area (Å²) in [5.41, 5.74) is 0.175. The number of carbonyl (C=O) groups excluding carboxylic acids is 2. The van der Waals surface area contributed by atoms with E-state index in [2.05, 4.69) is 10.5 Å². The number of amides is 2. The van der Waals surface area contributed by atoms with Crippen LogP contribution in [-0.4, -0.2) is 40.4 Å². The van der Waals surface area contributed by atoms with E-state index in [0.717, 1.165) is 0 Å². The Morgan fingerprint density at radius 1 is 1.38 bits per heavy atom. The fraction of sp³-hybridized carbons (Fsp3) is 0.267. The van der Waals surface area contributed by atoms with Crippen LogP contribution in [-0.2, 0) is 16.0 Å². The van der Waals surface area contributed by atoms with Crippen molar-refractivity contribution in [2.75, 3.05) is 18.9 Å². The molecule has 1 aromatic carbocycles. The minimum atomic E-state index is -0.539. The third-order valence-corrected chi connectivity index (χ3v) is 3.23. The number of aromatic nitrogens is 1. The highest BCUT2D eigenvalue weighted by molar-refractivity contribution is 5.94. The van der Waals surface area contributed by atoms with Crippen molar-refractivity contribution >= 4 is 23.3 Å². The van der Waals surface area contributed by atoms with Gasteiger partial charge >= 0.3 is 0 Å². The summed E-state index contributed by atoms with van der Waals surface area (Å²) in [7, 11) is 1.45. The minimum absolute atomic E-state index is 0.123. The first kappa shape index (κ1) is 17.1. The lowest BCUT2D eigenvalue weighted by Crippen LogP contribution is -2.36. The Morgan fingerprint density at radius 2 is 2.08 bits per heavy atom. The Bertz CT molecular complexity index is 771. The Hall–Kier alpha value is -3.23. The van der Waals surface area contributed by atoms with Crippen LogP contribution in [0.3, 0.4) is 0 Å². The van der Waals surface area contributed by atoms with E-state index in [4.69, 9.17) is 4.52 Å². The molecule has 0 saturated heterocycles. The van der Waals surface area contributed by atoms with E-state index in [-0.39, 0.29) is 24.5 Å². The predicted octanol–water partition coefficient (Wildman–Crippen LogP) is 1.53. The molecular weight excluding hydrogens is 316 g/mol. The van der Waals surface area contributed by atoms with Crippen LogP contribution in [0.5, 0.6) is 0 Å². The molecule has 126 valence electrons. The molecule has 0 aliphatic heterocycles. The van der Waals surface area contributed by atoms with E-state index in [0.29, 0.717) is 11.3 Å². The van der Waals surface area contributed by atoms with Crippen molar-refractivity contribution in [3.8, 4) is 0 Å². The van der Waals surface area contributed by atoms with Crippen molar-refractivity contribution in [1.82, 2.24) is 10.1 Å². The second kappa shape index (κ2) is 7.36. The first-order valence-electron chi connectivity index (χ1n) is 7.06. The lowest BCUT2D eigenvalue weighted by Gasteiger charge is -2.16. The average molecular weight is 332 g/mol. The van der Waals surface area contributed by atoms with Gasteiger partial charge in [0.2, 0.25) is 11.8 Å². The number of nitrogens with one attached hydrogen (secondary N) is 1. The molecule has 1 heterocycles. The molecule has 0 fully saturated rings. The Kier molecular flexibility index (Phi) is 5.25. The number of rotatable bonds is 6. The number of benzene rings is 1. The summed E-state index contributed by atoms with van der Waals surface area (Å²) in [5.74, 6) is -0.0411. The van der Waals surface area contributed by atoms with Gasteiger partial charge < -0.3 is 14.7 Å². The zero-order chi connectivity index (χ0) is 17.7. The van der Waals surface area contributed by atoms with Crippen molar-refractivity contribution in [2.24, 2.45) is 0 Å². The summed E-state index contributed by atoms with van der Waals surface area (Å²) in [5, 5.41) is 17.1. The van der Waals surface area contributed by atoms with E-state index in [9.17, 15) is 19.7 Å². The lowest BCUT2D eigenvalue weighted by atomic mass is 10.1. The fourth-order valence-corrected chi connectivity index (χ4v) is 2.05. The maximum absolute atomic E-state index is 12.2. The van der Waals surface area contributed by atoms with Gasteiger partial charge in [-0.1, -0.05) is 23.4 Å². The number of hydrogen-bond acceptors (Lipinski definition) is 6. The van der Waals surface area contributed by atoms with Crippen LogP contribution in [0, 0.1) is 17.0 Å². The number of nitro benzene ring substituents is 1. The van der Waals surface area contributed by atoms with Gasteiger partial charge in [0.25, 0.3) is 5.69 Å². The van der Waals surface area contributed by atoms with E-state index < -0.39 is 16.7 Å². The highest BCUT2D eigenvalue weighted by atomic mass is 16.6. The molecule has 0 atom stereocenters. The fourth-order valence-electron chi connectivity index (χ4n) is 2.05. The molecule has 24 heavy (non-hydrogen) atoms. The summed E-state index contributed by atoms with van der Waals surface area (Å²) in [6.07, 6.45) is -0.163. The zero-order valence-corrected chi connectivity index (χ0v) is 13.2. The normalized spacial score (nSPS) is 10.2. The maximum Gasteiger partial charge on any atom is 0.273 e. The SMILES string of the molecule is Cc1cc(NC(=O)CN(C)C(=O)Cc2ccccc2[N+](=O)[O-])no1. The van der Waals surface area contributed by atoms with Crippen LogP contribution in [0.15, 0.2) is 34.9 Å². The molecule has 1 N–H and O–H groups in total. The molecule has 0 saturated carbocycles. The van der Waals surface area contributed by atoms with E-state index in [1.807, 2.05) is 0 Å². The van der Waals surface area contributed by atoms with Crippen molar-refractivity contribution < 1.29 is 19.0 Å². The molecule has 2 aromatic rings.